The van der Waals surface area contributed by atoms with E-state index in [0.29, 0.717) is 17.6 Å². The Morgan fingerprint density at radius 2 is 2.05 bits per heavy atom. The Labute approximate surface area is 135 Å². The zero-order valence-electron chi connectivity index (χ0n) is 12.4. The molecule has 0 aliphatic carbocycles. The summed E-state index contributed by atoms with van der Waals surface area (Å²) in [5.74, 6) is 0. The molecule has 0 aliphatic rings. The van der Waals surface area contributed by atoms with E-state index in [1.54, 1.807) is 7.11 Å². The molecule has 2 N–H and O–H groups in total. The Kier molecular flexibility index (Phi) is 7.48. The van der Waals surface area contributed by atoms with E-state index in [1.165, 1.54) is 0 Å². The molecule has 0 fully saturated rings. The van der Waals surface area contributed by atoms with E-state index in [0.717, 1.165) is 35.1 Å². The third-order valence-electron chi connectivity index (χ3n) is 3.45. The average Bonchev–Trinajstić information content (AvgIpc) is 2.43. The summed E-state index contributed by atoms with van der Waals surface area (Å²) in [4.78, 5) is 2.78. The minimum absolute atomic E-state index is 0.426. The summed E-state index contributed by atoms with van der Waals surface area (Å²) >= 11 is 8.68. The molecular formula is C15H23BrN2OS. The van der Waals surface area contributed by atoms with Gasteiger partial charge in [0.05, 0.1) is 6.61 Å². The van der Waals surface area contributed by atoms with Gasteiger partial charge in [0, 0.05) is 35.4 Å². The molecule has 3 nitrogen and oxygen atoms in total. The van der Waals surface area contributed by atoms with Crippen molar-refractivity contribution in [1.82, 2.24) is 0 Å². The number of rotatable bonds is 8. The maximum Gasteiger partial charge on any atom is 0.106 e. The van der Waals surface area contributed by atoms with Gasteiger partial charge in [0.1, 0.15) is 4.99 Å². The van der Waals surface area contributed by atoms with Crippen molar-refractivity contribution in [2.24, 2.45) is 5.73 Å². The second-order valence-electron chi connectivity index (χ2n) is 4.68. The number of hydrogen-bond acceptors (Lipinski definition) is 3. The van der Waals surface area contributed by atoms with E-state index < -0.39 is 0 Å². The molecule has 20 heavy (non-hydrogen) atoms. The van der Waals surface area contributed by atoms with Gasteiger partial charge in [-0.05, 0) is 31.0 Å². The zero-order chi connectivity index (χ0) is 15.1. The van der Waals surface area contributed by atoms with Gasteiger partial charge in [0.15, 0.2) is 0 Å². The van der Waals surface area contributed by atoms with Crippen molar-refractivity contribution in [2.75, 3.05) is 25.2 Å². The van der Waals surface area contributed by atoms with Crippen LogP contribution in [0.2, 0.25) is 0 Å². The van der Waals surface area contributed by atoms with Crippen LogP contribution in [0.5, 0.6) is 0 Å². The number of nitrogens with two attached hydrogens (primary N) is 1. The average molecular weight is 359 g/mol. The standard InChI is InChI=1S/C15H23BrN2OS/c1-4-12(5-2)18(8-9-19-3)14-7-6-11(16)10-13(14)15(17)20/h6-7,10,12H,4-5,8-9H2,1-3H3,(H2,17,20). The highest BCUT2D eigenvalue weighted by molar-refractivity contribution is 9.10. The molecule has 1 rings (SSSR count). The molecule has 0 amide bonds. The fourth-order valence-electron chi connectivity index (χ4n) is 2.37. The summed E-state index contributed by atoms with van der Waals surface area (Å²) < 4.78 is 6.23. The lowest BCUT2D eigenvalue weighted by Gasteiger charge is -2.34. The molecule has 1 aromatic rings. The van der Waals surface area contributed by atoms with Crippen molar-refractivity contribution >= 4 is 38.8 Å². The number of thiocarbonyl (C=S) groups is 1. The van der Waals surface area contributed by atoms with Crippen LogP contribution in [0.3, 0.4) is 0 Å². The lowest BCUT2D eigenvalue weighted by Crippen LogP contribution is -2.38. The van der Waals surface area contributed by atoms with Crippen LogP contribution in [-0.4, -0.2) is 31.3 Å². The van der Waals surface area contributed by atoms with E-state index in [9.17, 15) is 0 Å². The lowest BCUT2D eigenvalue weighted by molar-refractivity contribution is 0.202. The largest absolute Gasteiger partial charge is 0.389 e. The van der Waals surface area contributed by atoms with Gasteiger partial charge in [-0.3, -0.25) is 0 Å². The molecule has 0 aromatic heterocycles. The number of halogens is 1. The van der Waals surface area contributed by atoms with Crippen LogP contribution in [0, 0.1) is 0 Å². The molecular weight excluding hydrogens is 336 g/mol. The summed E-state index contributed by atoms with van der Waals surface area (Å²) in [6, 6.07) is 6.55. The smallest absolute Gasteiger partial charge is 0.106 e. The van der Waals surface area contributed by atoms with Gasteiger partial charge >= 0.3 is 0 Å². The van der Waals surface area contributed by atoms with Crippen molar-refractivity contribution < 1.29 is 4.74 Å². The molecule has 0 aliphatic heterocycles. The second kappa shape index (κ2) is 8.60. The molecule has 1 aromatic carbocycles. The summed E-state index contributed by atoms with van der Waals surface area (Å²) in [7, 11) is 1.72. The van der Waals surface area contributed by atoms with Crippen LogP contribution in [0.4, 0.5) is 5.69 Å². The molecule has 0 unspecified atom stereocenters. The van der Waals surface area contributed by atoms with Gasteiger partial charge in [-0.15, -0.1) is 0 Å². The quantitative estimate of drug-likeness (QED) is 0.718. The first-order chi connectivity index (χ1) is 9.54. The first kappa shape index (κ1) is 17.4. The number of nitrogens with zero attached hydrogens (tertiary/aromatic N) is 1. The van der Waals surface area contributed by atoms with Gasteiger partial charge in [-0.25, -0.2) is 0 Å². The normalized spacial score (nSPS) is 10.8. The summed E-state index contributed by atoms with van der Waals surface area (Å²) in [6.45, 7) is 5.92. The van der Waals surface area contributed by atoms with Crippen molar-refractivity contribution in [3.8, 4) is 0 Å². The third-order valence-corrected chi connectivity index (χ3v) is 4.17. The second-order valence-corrected chi connectivity index (χ2v) is 6.04. The van der Waals surface area contributed by atoms with Crippen LogP contribution in [-0.2, 0) is 4.74 Å². The van der Waals surface area contributed by atoms with Crippen LogP contribution < -0.4 is 10.6 Å². The minimum Gasteiger partial charge on any atom is -0.389 e. The van der Waals surface area contributed by atoms with E-state index in [1.807, 2.05) is 12.1 Å². The predicted octanol–water partition coefficient (Wildman–Crippen LogP) is 3.72. The molecule has 0 radical (unpaired) electrons. The fraction of sp³-hybridized carbons (Fsp3) is 0.533. The third kappa shape index (κ3) is 4.43. The Morgan fingerprint density at radius 3 is 2.55 bits per heavy atom. The Morgan fingerprint density at radius 1 is 1.40 bits per heavy atom. The van der Waals surface area contributed by atoms with Gasteiger partial charge in [-0.2, -0.15) is 0 Å². The number of benzene rings is 1. The molecule has 0 spiro atoms. The van der Waals surface area contributed by atoms with Crippen molar-refractivity contribution in [3.05, 3.63) is 28.2 Å². The summed E-state index contributed by atoms with van der Waals surface area (Å²) in [5, 5.41) is 0. The highest BCUT2D eigenvalue weighted by Gasteiger charge is 2.19. The first-order valence-electron chi connectivity index (χ1n) is 6.90. The highest BCUT2D eigenvalue weighted by atomic mass is 79.9. The number of methoxy groups -OCH3 is 1. The highest BCUT2D eigenvalue weighted by Crippen LogP contribution is 2.27. The van der Waals surface area contributed by atoms with Gasteiger partial charge < -0.3 is 15.4 Å². The van der Waals surface area contributed by atoms with Crippen LogP contribution in [0.25, 0.3) is 0 Å². The van der Waals surface area contributed by atoms with Crippen molar-refractivity contribution in [3.63, 3.8) is 0 Å². The maximum atomic E-state index is 5.89. The summed E-state index contributed by atoms with van der Waals surface area (Å²) in [5.41, 5.74) is 7.89. The van der Waals surface area contributed by atoms with Gasteiger partial charge in [-0.1, -0.05) is 42.0 Å². The summed E-state index contributed by atoms with van der Waals surface area (Å²) in [6.07, 6.45) is 2.15. The molecule has 112 valence electrons. The number of hydrogen-bond donors (Lipinski definition) is 1. The van der Waals surface area contributed by atoms with Crippen molar-refractivity contribution in [2.45, 2.75) is 32.7 Å². The lowest BCUT2D eigenvalue weighted by atomic mass is 10.1. The first-order valence-corrected chi connectivity index (χ1v) is 8.10. The van der Waals surface area contributed by atoms with E-state index >= 15 is 0 Å². The fourth-order valence-corrected chi connectivity index (χ4v) is 2.90. The molecule has 5 heteroatoms. The van der Waals surface area contributed by atoms with Crippen LogP contribution in [0.15, 0.2) is 22.7 Å². The van der Waals surface area contributed by atoms with E-state index in [2.05, 4.69) is 40.7 Å². The monoisotopic (exact) mass is 358 g/mol. The Bertz CT molecular complexity index is 449. The van der Waals surface area contributed by atoms with Crippen LogP contribution in [0.1, 0.15) is 32.3 Å². The molecule has 0 atom stereocenters. The van der Waals surface area contributed by atoms with E-state index in [4.69, 9.17) is 22.7 Å². The maximum absolute atomic E-state index is 5.89. The van der Waals surface area contributed by atoms with Crippen molar-refractivity contribution in [1.29, 1.82) is 0 Å². The minimum atomic E-state index is 0.426. The zero-order valence-corrected chi connectivity index (χ0v) is 14.8. The van der Waals surface area contributed by atoms with Crippen LogP contribution >= 0.6 is 28.1 Å². The number of ether oxygens (including phenoxy) is 1. The molecule has 0 saturated heterocycles. The molecule has 0 saturated carbocycles. The number of anilines is 1. The topological polar surface area (TPSA) is 38.5 Å². The molecule has 0 heterocycles. The van der Waals surface area contributed by atoms with Gasteiger partial charge in [0.2, 0.25) is 0 Å². The Balaban J connectivity index is 3.21. The SMILES string of the molecule is CCC(CC)N(CCOC)c1ccc(Br)cc1C(N)=S. The molecule has 0 bridgehead atoms. The Hall–Kier alpha value is -0.650. The van der Waals surface area contributed by atoms with Gasteiger partial charge in [0.25, 0.3) is 0 Å². The van der Waals surface area contributed by atoms with E-state index in [-0.39, 0.29) is 0 Å². The predicted molar refractivity (Wildman–Crippen MR) is 93.6 cm³/mol.